The molecule has 0 fully saturated rings. The zero-order valence-electron chi connectivity index (χ0n) is 14.5. The number of carboxylic acids is 1. The molecule has 25 heavy (non-hydrogen) atoms. The summed E-state index contributed by atoms with van der Waals surface area (Å²) in [6, 6.07) is 1.35. The van der Waals surface area contributed by atoms with E-state index in [0.717, 1.165) is 17.1 Å². The Bertz CT molecular complexity index is 842. The van der Waals surface area contributed by atoms with Crippen LogP contribution in [0.15, 0.2) is 24.7 Å². The van der Waals surface area contributed by atoms with Crippen LogP contribution < -0.4 is 0 Å². The van der Waals surface area contributed by atoms with Crippen molar-refractivity contribution < 1.29 is 14.7 Å². The number of rotatable bonds is 2. The quantitative estimate of drug-likeness (QED) is 0.899. The largest absolute Gasteiger partial charge is 0.478 e. The second-order valence-corrected chi connectivity index (χ2v) is 7.16. The minimum absolute atomic E-state index is 0.00131. The van der Waals surface area contributed by atoms with Gasteiger partial charge in [-0.2, -0.15) is 0 Å². The zero-order chi connectivity index (χ0) is 18.2. The first-order valence-corrected chi connectivity index (χ1v) is 8.08. The predicted molar refractivity (Wildman–Crippen MR) is 90.4 cm³/mol. The number of aromatic nitrogens is 3. The molecule has 1 N–H and O–H groups in total. The van der Waals surface area contributed by atoms with E-state index in [0.29, 0.717) is 19.5 Å². The molecule has 0 saturated heterocycles. The summed E-state index contributed by atoms with van der Waals surface area (Å²) in [5.41, 5.74) is 2.05. The Morgan fingerprint density at radius 3 is 2.56 bits per heavy atom. The van der Waals surface area contributed by atoms with Gasteiger partial charge in [-0.3, -0.25) is 9.78 Å². The second kappa shape index (κ2) is 6.23. The molecule has 0 unspecified atom stereocenters. The average Bonchev–Trinajstić information content (AvgIpc) is 2.59. The van der Waals surface area contributed by atoms with Crippen LogP contribution in [0.2, 0.25) is 0 Å². The van der Waals surface area contributed by atoms with Gasteiger partial charge < -0.3 is 10.0 Å². The minimum Gasteiger partial charge on any atom is -0.478 e. The molecule has 0 aliphatic carbocycles. The van der Waals surface area contributed by atoms with Gasteiger partial charge in [-0.25, -0.2) is 14.8 Å². The van der Waals surface area contributed by atoms with Crippen LogP contribution in [0.25, 0.3) is 0 Å². The molecular formula is C18H20N4O3. The Kier molecular flexibility index (Phi) is 4.24. The number of nitrogens with zero attached hydrogens (tertiary/aromatic N) is 4. The molecule has 1 aliphatic rings. The molecule has 3 heterocycles. The molecule has 1 aliphatic heterocycles. The van der Waals surface area contributed by atoms with Crippen molar-refractivity contribution in [1.82, 2.24) is 19.9 Å². The summed E-state index contributed by atoms with van der Waals surface area (Å²) in [5.74, 6) is -0.542. The maximum Gasteiger partial charge on any atom is 0.337 e. The number of hydrogen-bond acceptors (Lipinski definition) is 5. The minimum atomic E-state index is -1.10. The molecule has 0 radical (unpaired) electrons. The van der Waals surface area contributed by atoms with Gasteiger partial charge in [-0.05, 0) is 6.07 Å². The van der Waals surface area contributed by atoms with Gasteiger partial charge in [0.05, 0.1) is 16.8 Å². The first-order chi connectivity index (χ1) is 11.8. The van der Waals surface area contributed by atoms with Crippen molar-refractivity contribution >= 4 is 11.9 Å². The van der Waals surface area contributed by atoms with Crippen molar-refractivity contribution in [2.45, 2.75) is 39.2 Å². The standard InChI is InChI=1S/C18H20N4O3/c1-18(2,3)17-20-9-13-10-22(5-4-14(13)21-17)15(23)11-6-12(16(24)25)8-19-7-11/h6-9H,4-5,10H2,1-3H3,(H,24,25). The highest BCUT2D eigenvalue weighted by atomic mass is 16.4. The number of fused-ring (bicyclic) bond motifs is 1. The molecular weight excluding hydrogens is 320 g/mol. The maximum absolute atomic E-state index is 12.7. The fourth-order valence-corrected chi connectivity index (χ4v) is 2.71. The van der Waals surface area contributed by atoms with Gasteiger partial charge in [0.25, 0.3) is 5.91 Å². The summed E-state index contributed by atoms with van der Waals surface area (Å²) >= 11 is 0. The third-order valence-corrected chi connectivity index (χ3v) is 4.12. The van der Waals surface area contributed by atoms with Crippen molar-refractivity contribution in [1.29, 1.82) is 0 Å². The van der Waals surface area contributed by atoms with Gasteiger partial charge >= 0.3 is 5.97 Å². The van der Waals surface area contributed by atoms with E-state index in [1.165, 1.54) is 18.5 Å². The van der Waals surface area contributed by atoms with Crippen molar-refractivity contribution in [2.75, 3.05) is 6.54 Å². The topological polar surface area (TPSA) is 96.3 Å². The predicted octanol–water partition coefficient (Wildman–Crippen LogP) is 2.07. The number of hydrogen-bond donors (Lipinski definition) is 1. The smallest absolute Gasteiger partial charge is 0.337 e. The van der Waals surface area contributed by atoms with E-state index in [-0.39, 0.29) is 22.4 Å². The van der Waals surface area contributed by atoms with Gasteiger partial charge in [0.1, 0.15) is 5.82 Å². The third kappa shape index (κ3) is 3.50. The molecule has 7 heteroatoms. The number of carboxylic acid groups (broad SMARTS) is 1. The van der Waals surface area contributed by atoms with Crippen LogP contribution >= 0.6 is 0 Å². The maximum atomic E-state index is 12.7. The molecule has 130 valence electrons. The van der Waals surface area contributed by atoms with Gasteiger partial charge in [0.2, 0.25) is 0 Å². The Morgan fingerprint density at radius 1 is 1.16 bits per heavy atom. The molecule has 0 atom stereocenters. The Hall–Kier alpha value is -2.83. The molecule has 2 aromatic rings. The number of aromatic carboxylic acids is 1. The lowest BCUT2D eigenvalue weighted by atomic mass is 9.95. The van der Waals surface area contributed by atoms with Crippen LogP contribution in [-0.4, -0.2) is 43.4 Å². The Morgan fingerprint density at radius 2 is 1.88 bits per heavy atom. The van der Waals surface area contributed by atoms with Gasteiger partial charge in [-0.1, -0.05) is 20.8 Å². The molecule has 0 aromatic carbocycles. The van der Waals surface area contributed by atoms with E-state index in [2.05, 4.69) is 35.7 Å². The summed E-state index contributed by atoms with van der Waals surface area (Å²) in [7, 11) is 0. The second-order valence-electron chi connectivity index (χ2n) is 7.16. The summed E-state index contributed by atoms with van der Waals surface area (Å²) in [6.07, 6.45) is 5.06. The Balaban J connectivity index is 1.82. The highest BCUT2D eigenvalue weighted by Crippen LogP contribution is 2.23. The molecule has 0 spiro atoms. The summed E-state index contributed by atoms with van der Waals surface area (Å²) < 4.78 is 0. The molecule has 7 nitrogen and oxygen atoms in total. The number of carbonyl (C=O) groups excluding carboxylic acids is 1. The fraction of sp³-hybridized carbons (Fsp3) is 0.389. The molecule has 3 rings (SSSR count). The highest BCUT2D eigenvalue weighted by Gasteiger charge is 2.26. The van der Waals surface area contributed by atoms with Crippen molar-refractivity contribution in [3.05, 3.63) is 52.9 Å². The van der Waals surface area contributed by atoms with Crippen molar-refractivity contribution in [3.63, 3.8) is 0 Å². The lowest BCUT2D eigenvalue weighted by Gasteiger charge is -2.29. The van der Waals surface area contributed by atoms with Crippen LogP contribution in [0.1, 0.15) is 58.6 Å². The van der Waals surface area contributed by atoms with E-state index in [4.69, 9.17) is 5.11 Å². The van der Waals surface area contributed by atoms with Crippen molar-refractivity contribution in [2.24, 2.45) is 0 Å². The monoisotopic (exact) mass is 340 g/mol. The van der Waals surface area contributed by atoms with E-state index >= 15 is 0 Å². The van der Waals surface area contributed by atoms with E-state index in [1.807, 2.05) is 0 Å². The SMILES string of the molecule is CC(C)(C)c1ncc2c(n1)CCN(C(=O)c1cncc(C(=O)O)c1)C2. The lowest BCUT2D eigenvalue weighted by molar-refractivity contribution is 0.0696. The summed E-state index contributed by atoms with van der Waals surface area (Å²) in [6.45, 7) is 7.14. The molecule has 0 saturated carbocycles. The van der Waals surface area contributed by atoms with Gasteiger partial charge in [-0.15, -0.1) is 0 Å². The van der Waals surface area contributed by atoms with Crippen LogP contribution in [0.3, 0.4) is 0 Å². The van der Waals surface area contributed by atoms with E-state index in [9.17, 15) is 9.59 Å². The average molecular weight is 340 g/mol. The van der Waals surface area contributed by atoms with E-state index < -0.39 is 5.97 Å². The number of pyridine rings is 1. The number of carbonyl (C=O) groups is 2. The third-order valence-electron chi connectivity index (χ3n) is 4.12. The fourth-order valence-electron chi connectivity index (χ4n) is 2.71. The first-order valence-electron chi connectivity index (χ1n) is 8.08. The van der Waals surface area contributed by atoms with Gasteiger partial charge in [0.15, 0.2) is 0 Å². The summed E-state index contributed by atoms with van der Waals surface area (Å²) in [5, 5.41) is 9.04. The van der Waals surface area contributed by atoms with Crippen LogP contribution in [0, 0.1) is 0 Å². The van der Waals surface area contributed by atoms with Crippen molar-refractivity contribution in [3.8, 4) is 0 Å². The van der Waals surface area contributed by atoms with Crippen LogP contribution in [0.5, 0.6) is 0 Å². The molecule has 1 amide bonds. The molecule has 0 bridgehead atoms. The normalized spacial score (nSPS) is 14.1. The Labute approximate surface area is 145 Å². The first kappa shape index (κ1) is 17.0. The van der Waals surface area contributed by atoms with Gasteiger partial charge in [0, 0.05) is 49.1 Å². The highest BCUT2D eigenvalue weighted by molar-refractivity contribution is 5.97. The van der Waals surface area contributed by atoms with Crippen LogP contribution in [0.4, 0.5) is 0 Å². The summed E-state index contributed by atoms with van der Waals surface area (Å²) in [4.78, 5) is 38.3. The number of amides is 1. The lowest BCUT2D eigenvalue weighted by Crippen LogP contribution is -2.37. The van der Waals surface area contributed by atoms with Crippen LogP contribution in [-0.2, 0) is 18.4 Å². The van der Waals surface area contributed by atoms with E-state index in [1.54, 1.807) is 11.1 Å². The zero-order valence-corrected chi connectivity index (χ0v) is 14.5. The molecule has 2 aromatic heterocycles.